The van der Waals surface area contributed by atoms with E-state index in [2.05, 4.69) is 27.1 Å². The minimum absolute atomic E-state index is 0.0896. The van der Waals surface area contributed by atoms with Gasteiger partial charge in [0.2, 0.25) is 0 Å². The zero-order chi connectivity index (χ0) is 10.8. The third-order valence-electron chi connectivity index (χ3n) is 2.36. The van der Waals surface area contributed by atoms with Crippen LogP contribution in [0.5, 0.6) is 0 Å². The van der Waals surface area contributed by atoms with Crippen LogP contribution in [-0.4, -0.2) is 9.67 Å². The summed E-state index contributed by atoms with van der Waals surface area (Å²) in [6.45, 7) is 4.68. The molecule has 2 nitrogen and oxygen atoms in total. The van der Waals surface area contributed by atoms with Gasteiger partial charge in [0, 0.05) is 16.2 Å². The number of nitrogens with zero attached hydrogens (tertiary/aromatic N) is 1. The number of aromatic nitrogens is 1. The summed E-state index contributed by atoms with van der Waals surface area (Å²) in [5.74, 6) is 0. The average Bonchev–Trinajstić information content (AvgIpc) is 2.60. The fraction of sp³-hybridized carbons (Fsp3) is 0.167. The lowest BCUT2D eigenvalue weighted by atomic mass is 10.2. The summed E-state index contributed by atoms with van der Waals surface area (Å²) in [5, 5.41) is 10.2. The van der Waals surface area contributed by atoms with Gasteiger partial charge in [-0.15, -0.1) is 0 Å². The SMILES string of the molecule is C=C(Br)Cn1ccc2cc(CO)ccc21. The Labute approximate surface area is 97.0 Å². The summed E-state index contributed by atoms with van der Waals surface area (Å²) < 4.78 is 3.07. The summed E-state index contributed by atoms with van der Waals surface area (Å²) in [5.41, 5.74) is 2.10. The largest absolute Gasteiger partial charge is 0.392 e. The summed E-state index contributed by atoms with van der Waals surface area (Å²) in [6, 6.07) is 8.01. The third-order valence-corrected chi connectivity index (χ3v) is 2.61. The molecule has 0 aliphatic carbocycles. The van der Waals surface area contributed by atoms with Crippen molar-refractivity contribution in [3.05, 3.63) is 47.1 Å². The van der Waals surface area contributed by atoms with Gasteiger partial charge in [-0.25, -0.2) is 0 Å². The van der Waals surface area contributed by atoms with E-state index < -0.39 is 0 Å². The molecule has 0 aliphatic heterocycles. The molecule has 0 fully saturated rings. The third kappa shape index (κ3) is 2.13. The summed E-state index contributed by atoms with van der Waals surface area (Å²) in [4.78, 5) is 0. The topological polar surface area (TPSA) is 25.2 Å². The fourth-order valence-electron chi connectivity index (χ4n) is 1.67. The Morgan fingerprint density at radius 1 is 1.40 bits per heavy atom. The lowest BCUT2D eigenvalue weighted by Crippen LogP contribution is -1.94. The molecule has 0 atom stereocenters. The second-order valence-corrected chi connectivity index (χ2v) is 4.63. The van der Waals surface area contributed by atoms with E-state index in [1.165, 1.54) is 0 Å². The number of aliphatic hydroxyl groups excluding tert-OH is 1. The molecule has 0 bridgehead atoms. The Morgan fingerprint density at radius 3 is 2.87 bits per heavy atom. The first-order chi connectivity index (χ1) is 7.20. The lowest BCUT2D eigenvalue weighted by Gasteiger charge is -2.04. The van der Waals surface area contributed by atoms with E-state index in [0.717, 1.165) is 27.5 Å². The van der Waals surface area contributed by atoms with E-state index in [1.54, 1.807) is 0 Å². The smallest absolute Gasteiger partial charge is 0.0682 e. The van der Waals surface area contributed by atoms with Crippen molar-refractivity contribution in [3.63, 3.8) is 0 Å². The molecular weight excluding hydrogens is 254 g/mol. The van der Waals surface area contributed by atoms with Crippen LogP contribution in [0.4, 0.5) is 0 Å². The molecule has 1 N–H and O–H groups in total. The molecule has 3 heteroatoms. The average molecular weight is 266 g/mol. The van der Waals surface area contributed by atoms with E-state index in [1.807, 2.05) is 30.5 Å². The first-order valence-electron chi connectivity index (χ1n) is 4.72. The summed E-state index contributed by atoms with van der Waals surface area (Å²) >= 11 is 3.35. The van der Waals surface area contributed by atoms with Gasteiger partial charge < -0.3 is 9.67 Å². The molecule has 2 rings (SSSR count). The maximum atomic E-state index is 9.02. The van der Waals surface area contributed by atoms with Gasteiger partial charge in [-0.3, -0.25) is 0 Å². The first kappa shape index (κ1) is 10.5. The number of fused-ring (bicyclic) bond motifs is 1. The van der Waals surface area contributed by atoms with Crippen molar-refractivity contribution >= 4 is 26.8 Å². The summed E-state index contributed by atoms with van der Waals surface area (Å²) in [7, 11) is 0. The molecule has 0 radical (unpaired) electrons. The molecule has 0 saturated carbocycles. The first-order valence-corrected chi connectivity index (χ1v) is 5.52. The highest BCUT2D eigenvalue weighted by Gasteiger charge is 2.02. The molecule has 1 aromatic carbocycles. The van der Waals surface area contributed by atoms with Gasteiger partial charge in [0.05, 0.1) is 13.2 Å². The minimum atomic E-state index is 0.0896. The highest BCUT2D eigenvalue weighted by molar-refractivity contribution is 9.11. The van der Waals surface area contributed by atoms with Gasteiger partial charge in [-0.1, -0.05) is 28.6 Å². The number of allylic oxidation sites excluding steroid dienone is 1. The van der Waals surface area contributed by atoms with E-state index in [-0.39, 0.29) is 6.61 Å². The second kappa shape index (κ2) is 4.21. The zero-order valence-electron chi connectivity index (χ0n) is 8.28. The zero-order valence-corrected chi connectivity index (χ0v) is 9.87. The van der Waals surface area contributed by atoms with Crippen molar-refractivity contribution in [3.8, 4) is 0 Å². The van der Waals surface area contributed by atoms with Crippen molar-refractivity contribution in [1.29, 1.82) is 0 Å². The lowest BCUT2D eigenvalue weighted by molar-refractivity contribution is 0.282. The fourth-order valence-corrected chi connectivity index (χ4v) is 1.94. The number of rotatable bonds is 3. The van der Waals surface area contributed by atoms with Crippen LogP contribution in [0.2, 0.25) is 0 Å². The highest BCUT2D eigenvalue weighted by atomic mass is 79.9. The molecule has 0 spiro atoms. The van der Waals surface area contributed by atoms with Gasteiger partial charge in [0.25, 0.3) is 0 Å². The normalized spacial score (nSPS) is 10.8. The van der Waals surface area contributed by atoms with Crippen molar-refractivity contribution in [2.24, 2.45) is 0 Å². The van der Waals surface area contributed by atoms with Crippen LogP contribution >= 0.6 is 15.9 Å². The van der Waals surface area contributed by atoms with E-state index in [0.29, 0.717) is 0 Å². The van der Waals surface area contributed by atoms with Crippen LogP contribution in [-0.2, 0) is 13.2 Å². The van der Waals surface area contributed by atoms with Gasteiger partial charge in [-0.05, 0) is 29.1 Å². The van der Waals surface area contributed by atoms with Crippen molar-refractivity contribution < 1.29 is 5.11 Å². The van der Waals surface area contributed by atoms with Crippen LogP contribution < -0.4 is 0 Å². The maximum Gasteiger partial charge on any atom is 0.0682 e. The van der Waals surface area contributed by atoms with Crippen LogP contribution in [0.15, 0.2) is 41.5 Å². The molecule has 0 amide bonds. The van der Waals surface area contributed by atoms with Crippen LogP contribution in [0.3, 0.4) is 0 Å². The Bertz CT molecular complexity index is 501. The molecule has 1 heterocycles. The predicted molar refractivity (Wildman–Crippen MR) is 65.9 cm³/mol. The number of hydrogen-bond acceptors (Lipinski definition) is 1. The molecule has 15 heavy (non-hydrogen) atoms. The molecule has 0 unspecified atom stereocenters. The van der Waals surface area contributed by atoms with E-state index in [9.17, 15) is 0 Å². The molecule has 1 aromatic heterocycles. The van der Waals surface area contributed by atoms with Crippen LogP contribution in [0.25, 0.3) is 10.9 Å². The molecule has 0 saturated heterocycles. The van der Waals surface area contributed by atoms with Crippen LogP contribution in [0.1, 0.15) is 5.56 Å². The van der Waals surface area contributed by atoms with Crippen molar-refractivity contribution in [2.75, 3.05) is 0 Å². The molecular formula is C12H12BrNO. The van der Waals surface area contributed by atoms with Gasteiger partial charge in [0.15, 0.2) is 0 Å². The number of aliphatic hydroxyl groups is 1. The van der Waals surface area contributed by atoms with Gasteiger partial charge in [-0.2, -0.15) is 0 Å². The minimum Gasteiger partial charge on any atom is -0.392 e. The Hall–Kier alpha value is -1.06. The Morgan fingerprint density at radius 2 is 2.20 bits per heavy atom. The van der Waals surface area contributed by atoms with Gasteiger partial charge in [0.1, 0.15) is 0 Å². The maximum absolute atomic E-state index is 9.02. The highest BCUT2D eigenvalue weighted by Crippen LogP contribution is 2.19. The van der Waals surface area contributed by atoms with Crippen LogP contribution in [0, 0.1) is 0 Å². The number of halogens is 1. The molecule has 78 valence electrons. The van der Waals surface area contributed by atoms with E-state index in [4.69, 9.17) is 5.11 Å². The van der Waals surface area contributed by atoms with Crippen molar-refractivity contribution in [2.45, 2.75) is 13.2 Å². The second-order valence-electron chi connectivity index (χ2n) is 3.51. The standard InChI is InChI=1S/C12H12BrNO/c1-9(13)7-14-5-4-11-6-10(8-15)2-3-12(11)14/h2-6,15H,1,7-8H2. The Kier molecular flexibility index (Phi) is 2.93. The molecule has 2 aromatic rings. The monoisotopic (exact) mass is 265 g/mol. The molecule has 0 aliphatic rings. The number of benzene rings is 1. The predicted octanol–water partition coefficient (Wildman–Crippen LogP) is 3.04. The van der Waals surface area contributed by atoms with Gasteiger partial charge >= 0.3 is 0 Å². The number of hydrogen-bond donors (Lipinski definition) is 1. The summed E-state index contributed by atoms with van der Waals surface area (Å²) in [6.07, 6.45) is 2.03. The van der Waals surface area contributed by atoms with E-state index >= 15 is 0 Å². The van der Waals surface area contributed by atoms with Crippen molar-refractivity contribution in [1.82, 2.24) is 4.57 Å². The Balaban J connectivity index is 2.47. The quantitative estimate of drug-likeness (QED) is 0.907.